The first-order chi connectivity index (χ1) is 9.61. The molecule has 1 heterocycles. The fourth-order valence-electron chi connectivity index (χ4n) is 2.71. The number of carbonyl (C=O) groups excluding carboxylic acids is 1. The van der Waals surface area contributed by atoms with Gasteiger partial charge in [-0.3, -0.25) is 4.79 Å². The van der Waals surface area contributed by atoms with Crippen LogP contribution in [-0.4, -0.2) is 37.5 Å². The summed E-state index contributed by atoms with van der Waals surface area (Å²) >= 11 is 0. The van der Waals surface area contributed by atoms with Crippen molar-refractivity contribution in [2.45, 2.75) is 19.3 Å². The third-order valence-electron chi connectivity index (χ3n) is 3.75. The van der Waals surface area contributed by atoms with Gasteiger partial charge in [0.15, 0.2) is 0 Å². The van der Waals surface area contributed by atoms with Crippen molar-refractivity contribution in [3.05, 3.63) is 35.4 Å². The molecule has 1 N–H and O–H groups in total. The SMILES string of the molecule is CNCC1CCCN(C(=O)Cc2c(F)cccc2F)C1. The van der Waals surface area contributed by atoms with Gasteiger partial charge in [0.2, 0.25) is 5.91 Å². The van der Waals surface area contributed by atoms with E-state index in [-0.39, 0.29) is 17.9 Å². The van der Waals surface area contributed by atoms with Crippen molar-refractivity contribution >= 4 is 5.91 Å². The molecule has 1 saturated heterocycles. The fraction of sp³-hybridized carbons (Fsp3) is 0.533. The average Bonchev–Trinajstić information content (AvgIpc) is 2.43. The van der Waals surface area contributed by atoms with Crippen LogP contribution in [0.25, 0.3) is 0 Å². The molecule has 0 bridgehead atoms. The summed E-state index contributed by atoms with van der Waals surface area (Å²) in [7, 11) is 1.88. The molecule has 1 aromatic rings. The van der Waals surface area contributed by atoms with Crippen LogP contribution in [0.3, 0.4) is 0 Å². The Morgan fingerprint density at radius 2 is 2.10 bits per heavy atom. The van der Waals surface area contributed by atoms with Crippen LogP contribution in [0, 0.1) is 17.6 Å². The third-order valence-corrected chi connectivity index (χ3v) is 3.75. The minimum absolute atomic E-state index is 0.131. The van der Waals surface area contributed by atoms with Crippen molar-refractivity contribution in [2.75, 3.05) is 26.7 Å². The van der Waals surface area contributed by atoms with Crippen molar-refractivity contribution in [1.82, 2.24) is 10.2 Å². The Morgan fingerprint density at radius 1 is 1.40 bits per heavy atom. The Balaban J connectivity index is 2.01. The van der Waals surface area contributed by atoms with Gasteiger partial charge in [-0.2, -0.15) is 0 Å². The van der Waals surface area contributed by atoms with Gasteiger partial charge in [0.05, 0.1) is 6.42 Å². The van der Waals surface area contributed by atoms with Gasteiger partial charge in [0.1, 0.15) is 11.6 Å². The number of rotatable bonds is 4. The lowest BCUT2D eigenvalue weighted by atomic mass is 9.97. The van der Waals surface area contributed by atoms with Gasteiger partial charge < -0.3 is 10.2 Å². The minimum atomic E-state index is -0.651. The monoisotopic (exact) mass is 282 g/mol. The lowest BCUT2D eigenvalue weighted by Gasteiger charge is -2.32. The molecule has 0 radical (unpaired) electrons. The zero-order valence-electron chi connectivity index (χ0n) is 11.7. The number of carbonyl (C=O) groups is 1. The lowest BCUT2D eigenvalue weighted by molar-refractivity contribution is -0.132. The van der Waals surface area contributed by atoms with E-state index >= 15 is 0 Å². The second-order valence-electron chi connectivity index (χ2n) is 5.28. The number of hydrogen-bond acceptors (Lipinski definition) is 2. The molecule has 1 aliphatic rings. The van der Waals surface area contributed by atoms with Gasteiger partial charge in [0.25, 0.3) is 0 Å². The number of likely N-dealkylation sites (tertiary alicyclic amines) is 1. The fourth-order valence-corrected chi connectivity index (χ4v) is 2.71. The number of piperidine rings is 1. The molecule has 0 spiro atoms. The summed E-state index contributed by atoms with van der Waals surface area (Å²) in [4.78, 5) is 13.9. The molecule has 1 aromatic carbocycles. The summed E-state index contributed by atoms with van der Waals surface area (Å²) in [5.41, 5.74) is -0.131. The number of benzene rings is 1. The minimum Gasteiger partial charge on any atom is -0.342 e. The zero-order chi connectivity index (χ0) is 14.5. The second kappa shape index (κ2) is 6.79. The molecule has 2 rings (SSSR count). The van der Waals surface area contributed by atoms with Crippen molar-refractivity contribution in [3.8, 4) is 0 Å². The molecule has 1 aliphatic heterocycles. The van der Waals surface area contributed by atoms with Crippen molar-refractivity contribution in [3.63, 3.8) is 0 Å². The van der Waals surface area contributed by atoms with Gasteiger partial charge in [0, 0.05) is 18.7 Å². The summed E-state index contributed by atoms with van der Waals surface area (Å²) in [6.45, 7) is 2.20. The highest BCUT2D eigenvalue weighted by Gasteiger charge is 2.24. The molecule has 1 amide bonds. The first-order valence-electron chi connectivity index (χ1n) is 6.97. The topological polar surface area (TPSA) is 32.3 Å². The maximum atomic E-state index is 13.6. The molecule has 0 aliphatic carbocycles. The van der Waals surface area contributed by atoms with Crippen LogP contribution < -0.4 is 5.32 Å². The molecule has 20 heavy (non-hydrogen) atoms. The second-order valence-corrected chi connectivity index (χ2v) is 5.28. The van der Waals surface area contributed by atoms with Crippen LogP contribution in [0.2, 0.25) is 0 Å². The molecule has 0 saturated carbocycles. The number of nitrogens with one attached hydrogen (secondary N) is 1. The largest absolute Gasteiger partial charge is 0.342 e. The molecular formula is C15H20F2N2O. The van der Waals surface area contributed by atoms with Crippen molar-refractivity contribution in [1.29, 1.82) is 0 Å². The average molecular weight is 282 g/mol. The molecule has 110 valence electrons. The number of hydrogen-bond donors (Lipinski definition) is 1. The Bertz CT molecular complexity index is 457. The van der Waals surface area contributed by atoms with E-state index < -0.39 is 11.6 Å². The van der Waals surface area contributed by atoms with Gasteiger partial charge in [-0.25, -0.2) is 8.78 Å². The molecule has 1 unspecified atom stereocenters. The number of amides is 1. The Hall–Kier alpha value is -1.49. The highest BCUT2D eigenvalue weighted by molar-refractivity contribution is 5.79. The predicted molar refractivity (Wildman–Crippen MR) is 73.3 cm³/mol. The van der Waals surface area contributed by atoms with E-state index in [1.54, 1.807) is 4.90 Å². The van der Waals surface area contributed by atoms with Gasteiger partial charge in [-0.15, -0.1) is 0 Å². The van der Waals surface area contributed by atoms with Gasteiger partial charge in [-0.1, -0.05) is 6.07 Å². The highest BCUT2D eigenvalue weighted by Crippen LogP contribution is 2.19. The number of halogens is 2. The molecule has 3 nitrogen and oxygen atoms in total. The van der Waals surface area contributed by atoms with Crippen LogP contribution >= 0.6 is 0 Å². The molecule has 1 fully saturated rings. The van der Waals surface area contributed by atoms with E-state index in [9.17, 15) is 13.6 Å². The van der Waals surface area contributed by atoms with Crippen LogP contribution in [0.1, 0.15) is 18.4 Å². The first-order valence-corrected chi connectivity index (χ1v) is 6.97. The quantitative estimate of drug-likeness (QED) is 0.915. The molecule has 0 aromatic heterocycles. The summed E-state index contributed by atoms with van der Waals surface area (Å²) in [5.74, 6) is -1.08. The van der Waals surface area contributed by atoms with E-state index in [2.05, 4.69) is 5.32 Å². The maximum absolute atomic E-state index is 13.6. The van der Waals surface area contributed by atoms with Crippen LogP contribution in [0.4, 0.5) is 8.78 Å². The van der Waals surface area contributed by atoms with Crippen molar-refractivity contribution in [2.24, 2.45) is 5.92 Å². The van der Waals surface area contributed by atoms with Crippen LogP contribution in [0.5, 0.6) is 0 Å². The zero-order valence-corrected chi connectivity index (χ0v) is 11.7. The van der Waals surface area contributed by atoms with Crippen LogP contribution in [0.15, 0.2) is 18.2 Å². The summed E-state index contributed by atoms with van der Waals surface area (Å²) in [6, 6.07) is 3.68. The normalized spacial score (nSPS) is 19.1. The standard InChI is InChI=1S/C15H20F2N2O/c1-18-9-11-4-3-7-19(10-11)15(20)8-12-13(16)5-2-6-14(12)17/h2,5-6,11,18H,3-4,7-10H2,1H3. The Labute approximate surface area is 118 Å². The predicted octanol–water partition coefficient (Wildman–Crippen LogP) is 1.97. The van der Waals surface area contributed by atoms with Crippen LogP contribution in [-0.2, 0) is 11.2 Å². The van der Waals surface area contributed by atoms with E-state index in [4.69, 9.17) is 0 Å². The van der Waals surface area contributed by atoms with Crippen molar-refractivity contribution < 1.29 is 13.6 Å². The molecule has 5 heteroatoms. The summed E-state index contributed by atoms with van der Waals surface area (Å²) in [6.07, 6.45) is 1.82. The summed E-state index contributed by atoms with van der Waals surface area (Å²) < 4.78 is 27.1. The lowest BCUT2D eigenvalue weighted by Crippen LogP contribution is -2.43. The maximum Gasteiger partial charge on any atom is 0.227 e. The number of nitrogens with zero attached hydrogens (tertiary/aromatic N) is 1. The molecular weight excluding hydrogens is 262 g/mol. The highest BCUT2D eigenvalue weighted by atomic mass is 19.1. The molecule has 1 atom stereocenters. The smallest absolute Gasteiger partial charge is 0.227 e. The first kappa shape index (κ1) is 14.9. The van der Waals surface area contributed by atoms with Gasteiger partial charge in [-0.05, 0) is 44.5 Å². The van der Waals surface area contributed by atoms with E-state index in [0.717, 1.165) is 19.4 Å². The van der Waals surface area contributed by atoms with E-state index in [0.29, 0.717) is 19.0 Å². The van der Waals surface area contributed by atoms with E-state index in [1.165, 1.54) is 18.2 Å². The third kappa shape index (κ3) is 3.54. The van der Waals surface area contributed by atoms with E-state index in [1.807, 2.05) is 7.05 Å². The Kier molecular flexibility index (Phi) is 5.06. The summed E-state index contributed by atoms with van der Waals surface area (Å²) in [5, 5.41) is 3.11. The van der Waals surface area contributed by atoms with Gasteiger partial charge >= 0.3 is 0 Å². The Morgan fingerprint density at radius 3 is 2.75 bits per heavy atom.